The molecule has 5 heteroatoms. The van der Waals surface area contributed by atoms with E-state index in [0.29, 0.717) is 28.1 Å². The van der Waals surface area contributed by atoms with Crippen LogP contribution < -0.4 is 9.80 Å². The summed E-state index contributed by atoms with van der Waals surface area (Å²) >= 11 is 0. The van der Waals surface area contributed by atoms with E-state index in [4.69, 9.17) is 0 Å². The maximum absolute atomic E-state index is 15.8. The molecule has 0 aromatic heterocycles. The number of carbonyl (C=O) groups excluding carboxylic acids is 3. The first-order chi connectivity index (χ1) is 23.5. The fraction of sp³-hybridized carbons (Fsp3) is 0.0930. The zero-order valence-corrected chi connectivity index (χ0v) is 26.4. The molecule has 2 aliphatic rings. The molecule has 2 heterocycles. The maximum atomic E-state index is 15.8. The van der Waals surface area contributed by atoms with Gasteiger partial charge in [-0.15, -0.1) is 0 Å². The third-order valence-corrected chi connectivity index (χ3v) is 9.89. The van der Waals surface area contributed by atoms with E-state index in [1.165, 1.54) is 4.90 Å². The Morgan fingerprint density at radius 3 is 1.52 bits per heavy atom. The molecule has 6 aromatic carbocycles. The Hall–Kier alpha value is -6.07. The second-order valence-corrected chi connectivity index (χ2v) is 12.4. The molecule has 1 fully saturated rings. The van der Waals surface area contributed by atoms with Crippen molar-refractivity contribution in [2.75, 3.05) is 9.80 Å². The largest absolute Gasteiger partial charge is 0.290 e. The van der Waals surface area contributed by atoms with Gasteiger partial charge in [0, 0.05) is 11.3 Å². The fourth-order valence-electron chi connectivity index (χ4n) is 7.86. The molecule has 0 saturated carbocycles. The van der Waals surface area contributed by atoms with Crippen molar-refractivity contribution < 1.29 is 14.4 Å². The van der Waals surface area contributed by atoms with Crippen molar-refractivity contribution in [1.29, 1.82) is 0 Å². The van der Waals surface area contributed by atoms with Gasteiger partial charge in [-0.2, -0.15) is 0 Å². The van der Waals surface area contributed by atoms with Crippen LogP contribution in [0.15, 0.2) is 170 Å². The van der Waals surface area contributed by atoms with E-state index < -0.39 is 22.8 Å². The second-order valence-electron chi connectivity index (χ2n) is 12.4. The number of amides is 3. The molecule has 0 N–H and O–H groups in total. The third kappa shape index (κ3) is 3.94. The summed E-state index contributed by atoms with van der Waals surface area (Å²) in [6.45, 7) is 1.99. The zero-order valence-electron chi connectivity index (χ0n) is 26.4. The van der Waals surface area contributed by atoms with Crippen molar-refractivity contribution in [3.05, 3.63) is 203 Å². The lowest BCUT2D eigenvalue weighted by Crippen LogP contribution is -2.82. The first-order valence-corrected chi connectivity index (χ1v) is 16.1. The van der Waals surface area contributed by atoms with Crippen LogP contribution in [0.4, 0.5) is 11.4 Å². The number of fused-ring (bicyclic) bond motifs is 2. The molecule has 232 valence electrons. The standard InChI is InChI=1S/C43H32N2O3/c1-30-26-28-35(29-27-30)45-40(47)42(33-20-10-4-11-21-33,34-22-12-5-13-23-34)43(45)36-24-14-15-25-37(36)44(41(43)48)39(46)38(31-16-6-2-7-17-31)32-18-8-3-9-19-32/h2-29,38H,1H3. The van der Waals surface area contributed by atoms with Gasteiger partial charge in [-0.3, -0.25) is 19.3 Å². The number of rotatable bonds is 6. The van der Waals surface area contributed by atoms with Crippen molar-refractivity contribution in [1.82, 2.24) is 0 Å². The molecule has 0 radical (unpaired) electrons. The lowest BCUT2D eigenvalue weighted by Gasteiger charge is -2.62. The van der Waals surface area contributed by atoms with Gasteiger partial charge >= 0.3 is 0 Å². The van der Waals surface area contributed by atoms with Crippen molar-refractivity contribution in [2.24, 2.45) is 0 Å². The van der Waals surface area contributed by atoms with Gasteiger partial charge in [-0.05, 0) is 47.4 Å². The monoisotopic (exact) mass is 624 g/mol. The number of nitrogens with zero attached hydrogens (tertiary/aromatic N) is 2. The fourth-order valence-corrected chi connectivity index (χ4v) is 7.86. The van der Waals surface area contributed by atoms with Crippen LogP contribution in [0.3, 0.4) is 0 Å². The Bertz CT molecular complexity index is 2070. The summed E-state index contributed by atoms with van der Waals surface area (Å²) in [5.74, 6) is -1.83. The second kappa shape index (κ2) is 11.3. The minimum absolute atomic E-state index is 0.233. The number of para-hydroxylation sites is 1. The van der Waals surface area contributed by atoms with Gasteiger partial charge in [-0.1, -0.05) is 157 Å². The molecule has 1 unspecified atom stereocenters. The summed E-state index contributed by atoms with van der Waals surface area (Å²) in [6, 6.07) is 53.2. The summed E-state index contributed by atoms with van der Waals surface area (Å²) in [5, 5.41) is 0. The Labute approximate surface area is 279 Å². The maximum Gasteiger partial charge on any atom is 0.266 e. The normalized spacial score (nSPS) is 17.8. The summed E-state index contributed by atoms with van der Waals surface area (Å²) < 4.78 is 0. The zero-order chi connectivity index (χ0) is 32.9. The summed E-state index contributed by atoms with van der Waals surface area (Å²) in [4.78, 5) is 49.2. The molecule has 1 saturated heterocycles. The minimum Gasteiger partial charge on any atom is -0.290 e. The van der Waals surface area contributed by atoms with Crippen LogP contribution in [0.2, 0.25) is 0 Å². The van der Waals surface area contributed by atoms with Crippen molar-refractivity contribution in [3.63, 3.8) is 0 Å². The third-order valence-electron chi connectivity index (χ3n) is 9.89. The molecular formula is C43H32N2O3. The molecule has 1 atom stereocenters. The van der Waals surface area contributed by atoms with Crippen LogP contribution in [0.25, 0.3) is 0 Å². The van der Waals surface area contributed by atoms with Gasteiger partial charge < -0.3 is 0 Å². The van der Waals surface area contributed by atoms with E-state index in [1.807, 2.05) is 177 Å². The SMILES string of the molecule is Cc1ccc(N2C(=O)C(c3ccccc3)(c3ccccc3)C23C(=O)N(C(=O)C(c2ccccc2)c2ccccc2)c2ccccc23)cc1. The van der Waals surface area contributed by atoms with Gasteiger partial charge in [0.15, 0.2) is 5.54 Å². The predicted octanol–water partition coefficient (Wildman–Crippen LogP) is 7.93. The molecule has 6 aromatic rings. The Kier molecular flexibility index (Phi) is 6.92. The first-order valence-electron chi connectivity index (χ1n) is 16.1. The van der Waals surface area contributed by atoms with E-state index >= 15 is 14.4 Å². The average Bonchev–Trinajstić information content (AvgIpc) is 3.41. The highest BCUT2D eigenvalue weighted by atomic mass is 16.2. The Balaban J connectivity index is 1.43. The van der Waals surface area contributed by atoms with Gasteiger partial charge in [0.05, 0.1) is 11.6 Å². The molecule has 0 bridgehead atoms. The minimum atomic E-state index is -1.60. The number of carbonyl (C=O) groups is 3. The van der Waals surface area contributed by atoms with E-state index in [2.05, 4.69) is 0 Å². The molecule has 1 spiro atoms. The molecular weight excluding hydrogens is 592 g/mol. The number of aryl methyl sites for hydroxylation is 1. The highest BCUT2D eigenvalue weighted by Crippen LogP contribution is 2.66. The van der Waals surface area contributed by atoms with Crippen LogP contribution in [-0.4, -0.2) is 17.7 Å². The van der Waals surface area contributed by atoms with E-state index in [-0.39, 0.29) is 11.8 Å². The molecule has 8 rings (SSSR count). The number of β-lactam (4-membered cyclic amide) rings is 1. The van der Waals surface area contributed by atoms with Gasteiger partial charge in [0.1, 0.15) is 5.41 Å². The van der Waals surface area contributed by atoms with Crippen molar-refractivity contribution in [3.8, 4) is 0 Å². The Morgan fingerprint density at radius 1 is 0.542 bits per heavy atom. The van der Waals surface area contributed by atoms with Crippen LogP contribution in [0.5, 0.6) is 0 Å². The van der Waals surface area contributed by atoms with Gasteiger partial charge in [0.25, 0.3) is 5.91 Å². The molecule has 2 aliphatic heterocycles. The number of benzene rings is 6. The van der Waals surface area contributed by atoms with Gasteiger partial charge in [0.2, 0.25) is 11.8 Å². The highest BCUT2D eigenvalue weighted by Gasteiger charge is 2.81. The lowest BCUT2D eigenvalue weighted by molar-refractivity contribution is -0.147. The number of anilines is 2. The quantitative estimate of drug-likeness (QED) is 0.177. The van der Waals surface area contributed by atoms with Crippen LogP contribution in [0, 0.1) is 6.92 Å². The van der Waals surface area contributed by atoms with E-state index in [1.54, 1.807) is 4.90 Å². The predicted molar refractivity (Wildman–Crippen MR) is 188 cm³/mol. The van der Waals surface area contributed by atoms with Gasteiger partial charge in [-0.25, -0.2) is 4.90 Å². The molecule has 0 aliphatic carbocycles. The smallest absolute Gasteiger partial charge is 0.266 e. The van der Waals surface area contributed by atoms with E-state index in [0.717, 1.165) is 16.7 Å². The topological polar surface area (TPSA) is 57.7 Å². The molecule has 48 heavy (non-hydrogen) atoms. The van der Waals surface area contributed by atoms with E-state index in [9.17, 15) is 0 Å². The number of imide groups is 1. The first kappa shape index (κ1) is 29.3. The van der Waals surface area contributed by atoms with Crippen LogP contribution in [0.1, 0.15) is 39.3 Å². The average molecular weight is 625 g/mol. The summed E-state index contributed by atoms with van der Waals surface area (Å²) in [6.07, 6.45) is 0. The molecule has 3 amide bonds. The number of hydrogen-bond donors (Lipinski definition) is 0. The van der Waals surface area contributed by atoms with Crippen LogP contribution in [-0.2, 0) is 25.3 Å². The highest BCUT2D eigenvalue weighted by molar-refractivity contribution is 6.34. The van der Waals surface area contributed by atoms with Crippen molar-refractivity contribution in [2.45, 2.75) is 23.8 Å². The van der Waals surface area contributed by atoms with Crippen molar-refractivity contribution >= 4 is 29.1 Å². The molecule has 5 nitrogen and oxygen atoms in total. The summed E-state index contributed by atoms with van der Waals surface area (Å²) in [7, 11) is 0. The Morgan fingerprint density at radius 2 is 1.00 bits per heavy atom. The van der Waals surface area contributed by atoms with Crippen LogP contribution >= 0.6 is 0 Å². The number of hydrogen-bond acceptors (Lipinski definition) is 3. The lowest BCUT2D eigenvalue weighted by atomic mass is 9.51. The summed E-state index contributed by atoms with van der Waals surface area (Å²) in [5.41, 5.74) is 2.56.